The zero-order valence-corrected chi connectivity index (χ0v) is 21.2. The molecule has 3 heterocycles. The summed E-state index contributed by atoms with van der Waals surface area (Å²) in [4.78, 5) is 11.7. The summed E-state index contributed by atoms with van der Waals surface area (Å²) in [5.74, 6) is -2.60. The van der Waals surface area contributed by atoms with Gasteiger partial charge in [-0.1, -0.05) is 5.16 Å². The summed E-state index contributed by atoms with van der Waals surface area (Å²) in [6, 6.07) is 5.57. The van der Waals surface area contributed by atoms with Gasteiger partial charge in [0, 0.05) is 16.3 Å². The second-order valence-electron chi connectivity index (χ2n) is 8.46. The number of benzene rings is 2. The standard InChI is InChI=1S/C25H22F3IN4O2/c1-14-11-32(13-30-14)21-10-20(29)16(9-23(21)34-2)6-15-4-3-5-33-22(12-35-31-25(15)33)17-7-18(26)24(28)19(27)8-17/h6-11,13,22H,3-5,12H2,1-2H3/b15-6+. The number of halogens is 4. The van der Waals surface area contributed by atoms with Crippen LogP contribution in [0.2, 0.25) is 0 Å². The molecule has 1 fully saturated rings. The Hall–Kier alpha value is -3.02. The Morgan fingerprint density at radius 2 is 1.94 bits per heavy atom. The van der Waals surface area contributed by atoms with Crippen LogP contribution in [0.3, 0.4) is 0 Å². The molecular weight excluding hydrogens is 572 g/mol. The molecule has 1 saturated heterocycles. The van der Waals surface area contributed by atoms with Crippen molar-refractivity contribution in [2.75, 3.05) is 20.3 Å². The first-order chi connectivity index (χ1) is 16.9. The van der Waals surface area contributed by atoms with Crippen LogP contribution in [0.15, 0.2) is 47.5 Å². The Labute approximate surface area is 214 Å². The Morgan fingerprint density at radius 3 is 2.63 bits per heavy atom. The SMILES string of the molecule is COc1cc(/C=C2\CCCN3C2=NOCC3c2cc(F)c(F)c(F)c2)c(I)cc1-n1cnc(C)c1. The van der Waals surface area contributed by atoms with Gasteiger partial charge in [0.2, 0.25) is 0 Å². The van der Waals surface area contributed by atoms with Gasteiger partial charge >= 0.3 is 0 Å². The Morgan fingerprint density at radius 1 is 1.17 bits per heavy atom. The average Bonchev–Trinajstić information content (AvgIpc) is 3.29. The normalized spacial score (nSPS) is 18.8. The fraction of sp³-hybridized carbons (Fsp3) is 0.280. The molecule has 0 radical (unpaired) electrons. The van der Waals surface area contributed by atoms with E-state index in [1.54, 1.807) is 13.4 Å². The van der Waals surface area contributed by atoms with Crippen molar-refractivity contribution in [1.29, 1.82) is 0 Å². The molecule has 1 atom stereocenters. The number of aryl methyl sites for hydroxylation is 1. The summed E-state index contributed by atoms with van der Waals surface area (Å²) in [5.41, 5.74) is 3.98. The maximum atomic E-state index is 13.9. The molecule has 0 saturated carbocycles. The summed E-state index contributed by atoms with van der Waals surface area (Å²) in [7, 11) is 1.62. The van der Waals surface area contributed by atoms with E-state index in [0.29, 0.717) is 23.7 Å². The molecule has 2 aliphatic heterocycles. The van der Waals surface area contributed by atoms with Gasteiger partial charge in [-0.3, -0.25) is 0 Å². The van der Waals surface area contributed by atoms with E-state index in [-0.39, 0.29) is 6.61 Å². The van der Waals surface area contributed by atoms with Crippen molar-refractivity contribution in [3.63, 3.8) is 0 Å². The first kappa shape index (κ1) is 23.7. The number of hydrogen-bond donors (Lipinski definition) is 0. The number of imidazole rings is 1. The number of rotatable bonds is 4. The lowest BCUT2D eigenvalue weighted by Crippen LogP contribution is -2.44. The minimum Gasteiger partial charge on any atom is -0.495 e. The molecule has 2 aromatic carbocycles. The quantitative estimate of drug-likeness (QED) is 0.284. The number of fused-ring (bicyclic) bond motifs is 1. The van der Waals surface area contributed by atoms with Crippen LogP contribution < -0.4 is 4.74 Å². The molecule has 0 amide bonds. The van der Waals surface area contributed by atoms with Crippen LogP contribution in [0.25, 0.3) is 11.8 Å². The lowest BCUT2D eigenvalue weighted by Gasteiger charge is -2.40. The number of amidine groups is 1. The van der Waals surface area contributed by atoms with Gasteiger partial charge in [0.15, 0.2) is 23.3 Å². The van der Waals surface area contributed by atoms with Crippen LogP contribution in [0.1, 0.15) is 35.7 Å². The van der Waals surface area contributed by atoms with Gasteiger partial charge in [0.05, 0.1) is 30.9 Å². The van der Waals surface area contributed by atoms with Gasteiger partial charge in [-0.25, -0.2) is 18.2 Å². The smallest absolute Gasteiger partial charge is 0.194 e. The maximum Gasteiger partial charge on any atom is 0.194 e. The molecule has 2 aliphatic rings. The highest BCUT2D eigenvalue weighted by molar-refractivity contribution is 14.1. The predicted molar refractivity (Wildman–Crippen MR) is 134 cm³/mol. The average molecular weight is 594 g/mol. The highest BCUT2D eigenvalue weighted by Gasteiger charge is 2.34. The van der Waals surface area contributed by atoms with Crippen LogP contribution in [-0.2, 0) is 4.84 Å². The van der Waals surface area contributed by atoms with Crippen molar-refractivity contribution in [3.05, 3.63) is 80.2 Å². The monoisotopic (exact) mass is 594 g/mol. The summed E-state index contributed by atoms with van der Waals surface area (Å²) in [6.07, 6.45) is 7.30. The van der Waals surface area contributed by atoms with E-state index in [1.807, 2.05) is 40.8 Å². The van der Waals surface area contributed by atoms with Crippen LogP contribution in [-0.4, -0.2) is 40.5 Å². The third-order valence-electron chi connectivity index (χ3n) is 6.17. The number of nitrogens with zero attached hydrogens (tertiary/aromatic N) is 4. The van der Waals surface area contributed by atoms with E-state index in [1.165, 1.54) is 0 Å². The van der Waals surface area contributed by atoms with E-state index >= 15 is 0 Å². The fourth-order valence-electron chi connectivity index (χ4n) is 4.47. The number of methoxy groups -OCH3 is 1. The number of oxime groups is 1. The molecule has 10 heteroatoms. The van der Waals surface area contributed by atoms with Gasteiger partial charge < -0.3 is 19.0 Å². The van der Waals surface area contributed by atoms with Crippen molar-refractivity contribution in [2.45, 2.75) is 25.8 Å². The second-order valence-corrected chi connectivity index (χ2v) is 9.62. The third-order valence-corrected chi connectivity index (χ3v) is 7.11. The number of ether oxygens (including phenoxy) is 1. The molecule has 6 nitrogen and oxygen atoms in total. The molecular formula is C25H22F3IN4O2. The highest BCUT2D eigenvalue weighted by atomic mass is 127. The maximum absolute atomic E-state index is 13.9. The van der Waals surface area contributed by atoms with Crippen molar-refractivity contribution in [1.82, 2.24) is 14.5 Å². The minimum absolute atomic E-state index is 0.117. The highest BCUT2D eigenvalue weighted by Crippen LogP contribution is 2.35. The molecule has 182 valence electrons. The summed E-state index contributed by atoms with van der Waals surface area (Å²) in [5, 5.41) is 4.27. The number of aromatic nitrogens is 2. The van der Waals surface area contributed by atoms with E-state index < -0.39 is 23.5 Å². The van der Waals surface area contributed by atoms with Crippen molar-refractivity contribution in [3.8, 4) is 11.4 Å². The van der Waals surface area contributed by atoms with Crippen molar-refractivity contribution >= 4 is 34.5 Å². The van der Waals surface area contributed by atoms with E-state index in [4.69, 9.17) is 9.57 Å². The zero-order chi connectivity index (χ0) is 24.7. The summed E-state index contributed by atoms with van der Waals surface area (Å²) < 4.78 is 49.9. The van der Waals surface area contributed by atoms with Gasteiger partial charge in [-0.05, 0) is 89.4 Å². The Bertz CT molecular complexity index is 1330. The van der Waals surface area contributed by atoms with Crippen molar-refractivity contribution < 1.29 is 22.7 Å². The Kier molecular flexibility index (Phi) is 6.47. The minimum atomic E-state index is -1.48. The van der Waals surface area contributed by atoms with E-state index in [2.05, 4.69) is 32.7 Å². The van der Waals surface area contributed by atoms with Gasteiger partial charge in [-0.2, -0.15) is 0 Å². The molecule has 35 heavy (non-hydrogen) atoms. The lowest BCUT2D eigenvalue weighted by atomic mass is 9.96. The molecule has 5 rings (SSSR count). The molecule has 1 unspecified atom stereocenters. The predicted octanol–water partition coefficient (Wildman–Crippen LogP) is 5.78. The van der Waals surface area contributed by atoms with Crippen molar-refractivity contribution in [2.24, 2.45) is 5.16 Å². The molecule has 1 aromatic heterocycles. The first-order valence-electron chi connectivity index (χ1n) is 11.1. The van der Waals surface area contributed by atoms with Crippen LogP contribution >= 0.6 is 22.6 Å². The first-order valence-corrected chi connectivity index (χ1v) is 12.1. The van der Waals surface area contributed by atoms with Gasteiger partial charge in [-0.15, -0.1) is 0 Å². The fourth-order valence-corrected chi connectivity index (χ4v) is 5.08. The van der Waals surface area contributed by atoms with E-state index in [9.17, 15) is 13.2 Å². The number of hydrogen-bond acceptors (Lipinski definition) is 5. The lowest BCUT2D eigenvalue weighted by molar-refractivity contribution is 0.0572. The number of piperidine rings is 1. The van der Waals surface area contributed by atoms with Gasteiger partial charge in [0.1, 0.15) is 12.4 Å². The largest absolute Gasteiger partial charge is 0.495 e. The second kappa shape index (κ2) is 9.56. The third kappa shape index (κ3) is 4.51. The van der Waals surface area contributed by atoms with E-state index in [0.717, 1.165) is 51.1 Å². The molecule has 3 aromatic rings. The van der Waals surface area contributed by atoms with Gasteiger partial charge in [0.25, 0.3) is 0 Å². The molecule has 0 spiro atoms. The topological polar surface area (TPSA) is 51.9 Å². The van der Waals surface area contributed by atoms with Crippen LogP contribution in [0.5, 0.6) is 5.75 Å². The summed E-state index contributed by atoms with van der Waals surface area (Å²) >= 11 is 2.28. The zero-order valence-electron chi connectivity index (χ0n) is 19.1. The molecule has 0 bridgehead atoms. The summed E-state index contributed by atoms with van der Waals surface area (Å²) in [6.45, 7) is 2.69. The molecule has 0 aliphatic carbocycles. The Balaban J connectivity index is 1.50. The van der Waals surface area contributed by atoms with Crippen LogP contribution in [0, 0.1) is 27.9 Å². The van der Waals surface area contributed by atoms with Crippen LogP contribution in [0.4, 0.5) is 13.2 Å². The molecule has 0 N–H and O–H groups in total.